The van der Waals surface area contributed by atoms with E-state index in [-0.39, 0.29) is 24.6 Å². The largest absolute Gasteiger partial charge is 0.474 e. The number of aromatic amines is 1. The molecule has 0 fully saturated rings. The number of aliphatic hydroxyl groups excluding tert-OH is 1. The van der Waals surface area contributed by atoms with Crippen molar-refractivity contribution in [2.75, 3.05) is 13.1 Å². The molecule has 0 saturated heterocycles. The average Bonchev–Trinajstić information content (AvgIpc) is 3.55. The van der Waals surface area contributed by atoms with Crippen molar-refractivity contribution in [1.29, 1.82) is 5.41 Å². The molecule has 1 aliphatic heterocycles. The molecule has 9 heteroatoms. The van der Waals surface area contributed by atoms with Crippen molar-refractivity contribution in [3.63, 3.8) is 0 Å². The summed E-state index contributed by atoms with van der Waals surface area (Å²) in [5, 5.41) is 20.2. The number of hydrogen-bond acceptors (Lipinski definition) is 6. The number of H-pyrrole nitrogens is 1. The van der Waals surface area contributed by atoms with E-state index in [1.807, 2.05) is 26.0 Å². The summed E-state index contributed by atoms with van der Waals surface area (Å²) in [5.74, 6) is 1.23. The number of nitrogens with two attached hydrogens (primary N) is 2. The number of fused-ring (bicyclic) bond motifs is 4. The van der Waals surface area contributed by atoms with Gasteiger partial charge in [0, 0.05) is 66.1 Å². The Kier molecular flexibility index (Phi) is 8.20. The third-order valence-electron chi connectivity index (χ3n) is 8.45. The molecule has 0 saturated carbocycles. The first-order valence-electron chi connectivity index (χ1n) is 14.4. The third kappa shape index (κ3) is 5.48. The van der Waals surface area contributed by atoms with E-state index in [1.165, 1.54) is 18.2 Å². The Morgan fingerprint density at radius 1 is 1.25 bits per heavy atom. The highest BCUT2D eigenvalue weighted by Crippen LogP contribution is 2.44. The topological polar surface area (TPSA) is 129 Å². The molecule has 3 heterocycles. The average molecular weight is 551 g/mol. The van der Waals surface area contributed by atoms with Crippen molar-refractivity contribution in [2.24, 2.45) is 23.3 Å². The van der Waals surface area contributed by atoms with Gasteiger partial charge in [-0.15, -0.1) is 0 Å². The zero-order valence-corrected chi connectivity index (χ0v) is 24.0. The van der Waals surface area contributed by atoms with Gasteiger partial charge in [0.15, 0.2) is 6.23 Å². The van der Waals surface area contributed by atoms with Crippen LogP contribution in [0.4, 0.5) is 4.39 Å². The number of benzene rings is 1. The van der Waals surface area contributed by atoms with Gasteiger partial charge in [0.05, 0.1) is 11.2 Å². The number of allylic oxidation sites excluding steroid dienone is 2. The first-order valence-corrected chi connectivity index (χ1v) is 14.4. The van der Waals surface area contributed by atoms with Crippen molar-refractivity contribution in [2.45, 2.75) is 78.2 Å². The Labute approximate surface area is 235 Å². The molecule has 0 radical (unpaired) electrons. The smallest absolute Gasteiger partial charge is 0.173 e. The number of aliphatic hydroxyl groups is 1. The van der Waals surface area contributed by atoms with Crippen LogP contribution in [0.2, 0.25) is 0 Å². The van der Waals surface area contributed by atoms with Crippen LogP contribution in [-0.4, -0.2) is 56.8 Å². The van der Waals surface area contributed by atoms with Gasteiger partial charge in [-0.05, 0) is 68.5 Å². The Bertz CT molecular complexity index is 1410. The third-order valence-corrected chi connectivity index (χ3v) is 8.45. The van der Waals surface area contributed by atoms with Crippen LogP contribution in [-0.2, 0) is 11.3 Å². The van der Waals surface area contributed by atoms with Gasteiger partial charge in [-0.2, -0.15) is 0 Å². The van der Waals surface area contributed by atoms with E-state index in [0.717, 1.165) is 52.9 Å². The molecule has 40 heavy (non-hydrogen) atoms. The minimum absolute atomic E-state index is 0.0704. The predicted molar refractivity (Wildman–Crippen MR) is 158 cm³/mol. The lowest BCUT2D eigenvalue weighted by atomic mass is 9.83. The lowest BCUT2D eigenvalue weighted by molar-refractivity contribution is -0.0407. The molecule has 216 valence electrons. The van der Waals surface area contributed by atoms with Crippen LogP contribution in [0.25, 0.3) is 27.7 Å². The first kappa shape index (κ1) is 28.5. The van der Waals surface area contributed by atoms with Gasteiger partial charge < -0.3 is 36.3 Å². The molecule has 5 rings (SSSR count). The summed E-state index contributed by atoms with van der Waals surface area (Å²) in [6.45, 7) is 8.24. The zero-order valence-electron chi connectivity index (χ0n) is 24.0. The Morgan fingerprint density at radius 2 is 2.02 bits per heavy atom. The van der Waals surface area contributed by atoms with E-state index < -0.39 is 18.4 Å². The number of ether oxygens (including phenoxy) is 1. The molecule has 8 nitrogen and oxygen atoms in total. The zero-order chi connectivity index (χ0) is 28.7. The van der Waals surface area contributed by atoms with Crippen molar-refractivity contribution in [1.82, 2.24) is 14.5 Å². The molecule has 1 aromatic carbocycles. The number of rotatable bonds is 10. The van der Waals surface area contributed by atoms with Gasteiger partial charge in [0.1, 0.15) is 18.2 Å². The highest BCUT2D eigenvalue weighted by Gasteiger charge is 2.33. The van der Waals surface area contributed by atoms with E-state index in [0.29, 0.717) is 18.8 Å². The number of nitrogens with zero attached hydrogens (tertiary/aromatic N) is 2. The number of hydrogen-bond donors (Lipinski definition) is 5. The minimum atomic E-state index is -1.09. The van der Waals surface area contributed by atoms with Gasteiger partial charge in [0.2, 0.25) is 0 Å². The van der Waals surface area contributed by atoms with Crippen LogP contribution in [0.5, 0.6) is 0 Å². The van der Waals surface area contributed by atoms with Crippen LogP contribution in [0.15, 0.2) is 42.2 Å². The fourth-order valence-electron chi connectivity index (χ4n) is 6.14. The number of aromatic nitrogens is 2. The maximum atomic E-state index is 14.0. The van der Waals surface area contributed by atoms with Crippen molar-refractivity contribution in [3.8, 4) is 11.3 Å². The maximum absolute atomic E-state index is 14.0. The Balaban J connectivity index is 1.40. The second kappa shape index (κ2) is 11.5. The SMILES string of the molecule is CC(F)CN(Cc1ccc(-c2ccc3c(c2)cc2n3C(C)OC3=C2CCC(C(=N)CN)C3)[nH]1)C(O)C(N)C(C)C. The second-order valence-electron chi connectivity index (χ2n) is 11.8. The molecule has 5 unspecified atom stereocenters. The summed E-state index contributed by atoms with van der Waals surface area (Å²) in [6, 6.07) is 12.2. The van der Waals surface area contributed by atoms with Gasteiger partial charge in [-0.3, -0.25) is 4.90 Å². The van der Waals surface area contributed by atoms with E-state index in [4.69, 9.17) is 21.6 Å². The number of halogens is 1. The van der Waals surface area contributed by atoms with E-state index in [9.17, 15) is 9.50 Å². The van der Waals surface area contributed by atoms with Crippen LogP contribution in [0.3, 0.4) is 0 Å². The maximum Gasteiger partial charge on any atom is 0.173 e. The summed E-state index contributed by atoms with van der Waals surface area (Å²) in [7, 11) is 0. The summed E-state index contributed by atoms with van der Waals surface area (Å²) < 4.78 is 22.6. The van der Waals surface area contributed by atoms with Gasteiger partial charge in [-0.25, -0.2) is 4.39 Å². The molecule has 0 amide bonds. The molecule has 3 aromatic rings. The standard InChI is InChI=1S/C31H43FN6O2/c1-17(2)30(35)31(39)37(15-18(3)32)16-23-7-9-26(36-23)21-6-10-27-22(11-21)12-28-24-8-5-20(25(34)14-33)13-29(24)40-19(4)38(27)28/h6-7,9-12,17-20,30-31,34,36,39H,5,8,13-16,33,35H2,1-4H3. The molecule has 5 atom stereocenters. The Morgan fingerprint density at radius 3 is 2.73 bits per heavy atom. The van der Waals surface area contributed by atoms with Gasteiger partial charge >= 0.3 is 0 Å². The van der Waals surface area contributed by atoms with Gasteiger partial charge in [-0.1, -0.05) is 19.9 Å². The van der Waals surface area contributed by atoms with E-state index >= 15 is 0 Å². The van der Waals surface area contributed by atoms with Crippen LogP contribution in [0.1, 0.15) is 64.6 Å². The Hall–Kier alpha value is -2.98. The van der Waals surface area contributed by atoms with Crippen LogP contribution in [0, 0.1) is 17.2 Å². The normalized spacial score (nSPS) is 21.4. The van der Waals surface area contributed by atoms with E-state index in [1.54, 1.807) is 4.90 Å². The van der Waals surface area contributed by atoms with E-state index in [2.05, 4.69) is 40.7 Å². The monoisotopic (exact) mass is 550 g/mol. The highest BCUT2D eigenvalue weighted by atomic mass is 19.1. The lowest BCUT2D eigenvalue weighted by Gasteiger charge is -2.35. The summed E-state index contributed by atoms with van der Waals surface area (Å²) in [4.78, 5) is 5.17. The van der Waals surface area contributed by atoms with Crippen molar-refractivity contribution < 1.29 is 14.2 Å². The minimum Gasteiger partial charge on any atom is -0.474 e. The first-order chi connectivity index (χ1) is 19.1. The quantitative estimate of drug-likeness (QED) is 0.176. The van der Waals surface area contributed by atoms with Crippen molar-refractivity contribution in [3.05, 3.63) is 53.5 Å². The molecule has 2 aromatic heterocycles. The second-order valence-corrected chi connectivity index (χ2v) is 11.8. The summed E-state index contributed by atoms with van der Waals surface area (Å²) in [5.41, 5.74) is 19.0. The molecular formula is C31H43FN6O2. The summed E-state index contributed by atoms with van der Waals surface area (Å²) in [6.07, 6.45) is 0.374. The van der Waals surface area contributed by atoms with Crippen LogP contribution < -0.4 is 11.5 Å². The molecule has 7 N–H and O–H groups in total. The molecule has 0 bridgehead atoms. The lowest BCUT2D eigenvalue weighted by Crippen LogP contribution is -2.51. The fraction of sp³-hybridized carbons (Fsp3) is 0.516. The molecular weight excluding hydrogens is 507 g/mol. The van der Waals surface area contributed by atoms with Gasteiger partial charge in [0.25, 0.3) is 0 Å². The molecule has 1 aliphatic carbocycles. The number of alkyl halides is 1. The predicted octanol–water partition coefficient (Wildman–Crippen LogP) is 5.14. The van der Waals surface area contributed by atoms with Crippen molar-refractivity contribution >= 4 is 22.2 Å². The fourth-order valence-corrected chi connectivity index (χ4v) is 6.14. The highest BCUT2D eigenvalue weighted by molar-refractivity contribution is 5.91. The molecule has 2 aliphatic rings. The van der Waals surface area contributed by atoms with Crippen LogP contribution >= 0.6 is 0 Å². The number of nitrogens with one attached hydrogen (secondary N) is 2. The molecule has 0 spiro atoms. The summed E-state index contributed by atoms with van der Waals surface area (Å²) >= 11 is 0.